The van der Waals surface area contributed by atoms with Gasteiger partial charge in [0.25, 0.3) is 0 Å². The third-order valence-corrected chi connectivity index (χ3v) is 4.62. The largest absolute Gasteiger partial charge is 0.314 e. The van der Waals surface area contributed by atoms with E-state index >= 15 is 0 Å². The lowest BCUT2D eigenvalue weighted by molar-refractivity contribution is 0.355. The van der Waals surface area contributed by atoms with Gasteiger partial charge >= 0.3 is 0 Å². The van der Waals surface area contributed by atoms with Crippen molar-refractivity contribution in [2.24, 2.45) is 11.8 Å². The van der Waals surface area contributed by atoms with Crippen molar-refractivity contribution < 1.29 is 0 Å². The molecule has 1 nitrogen and oxygen atoms in total. The molecule has 1 aliphatic carbocycles. The van der Waals surface area contributed by atoms with Crippen molar-refractivity contribution in [2.75, 3.05) is 6.54 Å². The van der Waals surface area contributed by atoms with E-state index in [0.717, 1.165) is 30.8 Å². The van der Waals surface area contributed by atoms with Crippen LogP contribution in [0.3, 0.4) is 0 Å². The molecule has 2 rings (SSSR count). The van der Waals surface area contributed by atoms with E-state index in [-0.39, 0.29) is 0 Å². The Morgan fingerprint density at radius 2 is 1.72 bits per heavy atom. The molecule has 18 heavy (non-hydrogen) atoms. The third kappa shape index (κ3) is 3.14. The van der Waals surface area contributed by atoms with Crippen LogP contribution in [0.4, 0.5) is 0 Å². The van der Waals surface area contributed by atoms with E-state index in [4.69, 9.17) is 0 Å². The predicted octanol–water partition coefficient (Wildman–Crippen LogP) is 3.82. The van der Waals surface area contributed by atoms with Crippen molar-refractivity contribution in [2.45, 2.75) is 52.5 Å². The van der Waals surface area contributed by atoms with Gasteiger partial charge in [0.05, 0.1) is 0 Å². The Bertz CT molecular complexity index is 354. The molecule has 3 atom stereocenters. The second-order valence-corrected chi connectivity index (χ2v) is 5.73. The van der Waals surface area contributed by atoms with E-state index in [0.29, 0.717) is 0 Å². The second kappa shape index (κ2) is 6.38. The summed E-state index contributed by atoms with van der Waals surface area (Å²) in [5.74, 6) is 1.68. The lowest BCUT2D eigenvalue weighted by Gasteiger charge is -2.21. The minimum absolute atomic E-state index is 0.745. The summed E-state index contributed by atoms with van der Waals surface area (Å²) in [5.41, 5.74) is 2.96. The molecule has 100 valence electrons. The van der Waals surface area contributed by atoms with Crippen LogP contribution >= 0.6 is 0 Å². The minimum Gasteiger partial charge on any atom is -0.314 e. The van der Waals surface area contributed by atoms with Crippen molar-refractivity contribution in [1.29, 1.82) is 0 Å². The van der Waals surface area contributed by atoms with Gasteiger partial charge in [-0.25, -0.2) is 0 Å². The van der Waals surface area contributed by atoms with Gasteiger partial charge in [-0.15, -0.1) is 0 Å². The molecule has 0 spiro atoms. The Kier molecular flexibility index (Phi) is 4.82. The van der Waals surface area contributed by atoms with E-state index in [1.807, 2.05) is 0 Å². The summed E-state index contributed by atoms with van der Waals surface area (Å²) in [7, 11) is 0. The standard InChI is InChI=1S/C17H27N/c1-4-14-6-8-15(9-7-14)12-16-10-11-17(13(16)3)18-5-2/h6-9,13,16-18H,4-5,10-12H2,1-3H3. The normalized spacial score (nSPS) is 27.6. The van der Waals surface area contributed by atoms with E-state index in [9.17, 15) is 0 Å². The molecule has 1 saturated carbocycles. The van der Waals surface area contributed by atoms with Crippen molar-refractivity contribution in [3.63, 3.8) is 0 Å². The minimum atomic E-state index is 0.745. The van der Waals surface area contributed by atoms with Gasteiger partial charge in [-0.2, -0.15) is 0 Å². The average Bonchev–Trinajstić information content (AvgIpc) is 2.73. The summed E-state index contributed by atoms with van der Waals surface area (Å²) in [4.78, 5) is 0. The Balaban J connectivity index is 1.93. The average molecular weight is 245 g/mol. The zero-order valence-corrected chi connectivity index (χ0v) is 12.1. The number of nitrogens with one attached hydrogen (secondary N) is 1. The van der Waals surface area contributed by atoms with Gasteiger partial charge in [0.15, 0.2) is 0 Å². The molecule has 0 aromatic heterocycles. The first kappa shape index (κ1) is 13.6. The molecule has 0 amide bonds. The highest BCUT2D eigenvalue weighted by molar-refractivity contribution is 5.23. The van der Waals surface area contributed by atoms with Gasteiger partial charge in [0, 0.05) is 6.04 Å². The van der Waals surface area contributed by atoms with Gasteiger partial charge in [-0.3, -0.25) is 0 Å². The number of hydrogen-bond acceptors (Lipinski definition) is 1. The van der Waals surface area contributed by atoms with Crippen LogP contribution in [-0.2, 0) is 12.8 Å². The second-order valence-electron chi connectivity index (χ2n) is 5.73. The maximum Gasteiger partial charge on any atom is 0.00954 e. The van der Waals surface area contributed by atoms with Gasteiger partial charge in [0.1, 0.15) is 0 Å². The van der Waals surface area contributed by atoms with E-state index in [1.165, 1.54) is 30.4 Å². The smallest absolute Gasteiger partial charge is 0.00954 e. The highest BCUT2D eigenvalue weighted by atomic mass is 14.9. The molecular weight excluding hydrogens is 218 g/mol. The summed E-state index contributed by atoms with van der Waals surface area (Å²) in [5, 5.41) is 3.63. The van der Waals surface area contributed by atoms with Crippen LogP contribution in [0, 0.1) is 11.8 Å². The zero-order valence-electron chi connectivity index (χ0n) is 12.1. The van der Waals surface area contributed by atoms with Gasteiger partial charge in [0.2, 0.25) is 0 Å². The first-order chi connectivity index (χ1) is 8.74. The van der Waals surface area contributed by atoms with Gasteiger partial charge in [-0.05, 0) is 55.2 Å². The van der Waals surface area contributed by atoms with Crippen molar-refractivity contribution in [3.8, 4) is 0 Å². The van der Waals surface area contributed by atoms with Crippen LogP contribution in [0.25, 0.3) is 0 Å². The summed E-state index contributed by atoms with van der Waals surface area (Å²) >= 11 is 0. The summed E-state index contributed by atoms with van der Waals surface area (Å²) in [6.45, 7) is 7.96. The maximum absolute atomic E-state index is 3.63. The molecule has 0 heterocycles. The first-order valence-electron chi connectivity index (χ1n) is 7.55. The zero-order chi connectivity index (χ0) is 13.0. The molecule has 1 N–H and O–H groups in total. The molecule has 0 radical (unpaired) electrons. The fourth-order valence-corrected chi connectivity index (χ4v) is 3.30. The van der Waals surface area contributed by atoms with Crippen LogP contribution in [0.5, 0.6) is 0 Å². The van der Waals surface area contributed by atoms with Crippen LogP contribution in [-0.4, -0.2) is 12.6 Å². The lowest BCUT2D eigenvalue weighted by atomic mass is 9.89. The van der Waals surface area contributed by atoms with Gasteiger partial charge < -0.3 is 5.32 Å². The van der Waals surface area contributed by atoms with Crippen molar-refractivity contribution in [3.05, 3.63) is 35.4 Å². The molecular formula is C17H27N. The fraction of sp³-hybridized carbons (Fsp3) is 0.647. The Labute approximate surface area is 112 Å². The number of rotatable bonds is 5. The number of benzene rings is 1. The van der Waals surface area contributed by atoms with E-state index < -0.39 is 0 Å². The van der Waals surface area contributed by atoms with Crippen molar-refractivity contribution in [1.82, 2.24) is 5.32 Å². The highest BCUT2D eigenvalue weighted by Crippen LogP contribution is 2.34. The monoisotopic (exact) mass is 245 g/mol. The summed E-state index contributed by atoms with van der Waals surface area (Å²) < 4.78 is 0. The first-order valence-corrected chi connectivity index (χ1v) is 7.55. The molecule has 1 aliphatic rings. The molecule has 0 saturated heterocycles. The number of aryl methyl sites for hydroxylation is 1. The molecule has 3 unspecified atom stereocenters. The van der Waals surface area contributed by atoms with Crippen LogP contribution in [0.15, 0.2) is 24.3 Å². The topological polar surface area (TPSA) is 12.0 Å². The lowest BCUT2D eigenvalue weighted by Crippen LogP contribution is -2.32. The summed E-state index contributed by atoms with van der Waals surface area (Å²) in [6, 6.07) is 9.97. The Hall–Kier alpha value is -0.820. The Morgan fingerprint density at radius 3 is 2.33 bits per heavy atom. The van der Waals surface area contributed by atoms with Crippen LogP contribution in [0.2, 0.25) is 0 Å². The quantitative estimate of drug-likeness (QED) is 0.831. The van der Waals surface area contributed by atoms with Crippen LogP contribution in [0.1, 0.15) is 44.7 Å². The third-order valence-electron chi connectivity index (χ3n) is 4.62. The fourth-order valence-electron chi connectivity index (χ4n) is 3.30. The van der Waals surface area contributed by atoms with Crippen molar-refractivity contribution >= 4 is 0 Å². The van der Waals surface area contributed by atoms with Crippen LogP contribution < -0.4 is 5.32 Å². The van der Waals surface area contributed by atoms with Gasteiger partial charge in [-0.1, -0.05) is 45.0 Å². The number of hydrogen-bond donors (Lipinski definition) is 1. The van der Waals surface area contributed by atoms with E-state index in [2.05, 4.69) is 50.4 Å². The predicted molar refractivity (Wildman–Crippen MR) is 78.9 cm³/mol. The molecule has 1 heteroatoms. The molecule has 1 aromatic rings. The Morgan fingerprint density at radius 1 is 1.06 bits per heavy atom. The molecule has 0 bridgehead atoms. The summed E-state index contributed by atoms with van der Waals surface area (Å²) in [6.07, 6.45) is 5.14. The highest BCUT2D eigenvalue weighted by Gasteiger charge is 2.31. The molecule has 1 aromatic carbocycles. The maximum atomic E-state index is 3.63. The van der Waals surface area contributed by atoms with E-state index in [1.54, 1.807) is 0 Å². The molecule has 1 fully saturated rings. The molecule has 0 aliphatic heterocycles. The SMILES string of the molecule is CCNC1CCC(Cc2ccc(CC)cc2)C1C.